The second kappa shape index (κ2) is 9.01. The van der Waals surface area contributed by atoms with E-state index in [-0.39, 0.29) is 17.0 Å². The number of rotatable bonds is 5. The number of amides is 1. The van der Waals surface area contributed by atoms with Crippen molar-refractivity contribution in [3.8, 4) is 0 Å². The van der Waals surface area contributed by atoms with Gasteiger partial charge in [-0.05, 0) is 43.2 Å². The molecule has 1 aromatic heterocycles. The fraction of sp³-hybridized carbons (Fsp3) is 0.261. The summed E-state index contributed by atoms with van der Waals surface area (Å²) >= 11 is 0. The van der Waals surface area contributed by atoms with Crippen LogP contribution in [0.25, 0.3) is 10.9 Å². The van der Waals surface area contributed by atoms with Gasteiger partial charge in [0.15, 0.2) is 0 Å². The van der Waals surface area contributed by atoms with Crippen LogP contribution in [0.2, 0.25) is 0 Å². The number of carbonyl (C=O) groups is 3. The van der Waals surface area contributed by atoms with E-state index in [1.807, 2.05) is 29.2 Å². The van der Waals surface area contributed by atoms with Crippen molar-refractivity contribution in [2.24, 2.45) is 0 Å². The standard InChI is InChI=1S/C23H22N4O5/c1-31-22(29)14-10-15(23(30)32-2)12-16(11-14)26-21(28)19-8-5-9-27(19)20-17-6-3-4-7-18(17)24-13-25-20/h3-4,6-7,10-13,19H,5,8-9H2,1-2H3,(H,26,28). The predicted molar refractivity (Wildman–Crippen MR) is 118 cm³/mol. The lowest BCUT2D eigenvalue weighted by Crippen LogP contribution is -2.40. The van der Waals surface area contributed by atoms with Gasteiger partial charge in [-0.2, -0.15) is 0 Å². The Balaban J connectivity index is 1.63. The minimum Gasteiger partial charge on any atom is -0.465 e. The van der Waals surface area contributed by atoms with Gasteiger partial charge in [0.2, 0.25) is 5.91 Å². The average Bonchev–Trinajstić information content (AvgIpc) is 3.32. The summed E-state index contributed by atoms with van der Waals surface area (Å²) in [6.45, 7) is 0.675. The third-order valence-electron chi connectivity index (χ3n) is 5.39. The maximum atomic E-state index is 13.2. The molecule has 2 heterocycles. The summed E-state index contributed by atoms with van der Waals surface area (Å²) in [6.07, 6.45) is 2.96. The van der Waals surface area contributed by atoms with Crippen molar-refractivity contribution in [1.82, 2.24) is 9.97 Å². The molecule has 0 aliphatic carbocycles. The first-order valence-corrected chi connectivity index (χ1v) is 10.1. The fourth-order valence-corrected chi connectivity index (χ4v) is 3.91. The second-order valence-corrected chi connectivity index (χ2v) is 7.34. The molecule has 9 heteroatoms. The number of aromatic nitrogens is 2. The Labute approximate surface area is 184 Å². The highest BCUT2D eigenvalue weighted by atomic mass is 16.5. The first-order valence-electron chi connectivity index (χ1n) is 10.1. The fourth-order valence-electron chi connectivity index (χ4n) is 3.91. The van der Waals surface area contributed by atoms with E-state index in [9.17, 15) is 14.4 Å². The molecule has 0 bridgehead atoms. The van der Waals surface area contributed by atoms with Gasteiger partial charge in [-0.3, -0.25) is 4.79 Å². The van der Waals surface area contributed by atoms with E-state index in [0.717, 1.165) is 17.3 Å². The number of benzene rings is 2. The lowest BCUT2D eigenvalue weighted by atomic mass is 10.1. The molecule has 1 aliphatic rings. The van der Waals surface area contributed by atoms with Gasteiger partial charge in [0.25, 0.3) is 0 Å². The minimum atomic E-state index is -0.624. The van der Waals surface area contributed by atoms with Gasteiger partial charge < -0.3 is 19.7 Å². The Bertz CT molecular complexity index is 1160. The Morgan fingerprint density at radius 1 is 1.00 bits per heavy atom. The number of para-hydroxylation sites is 1. The topological polar surface area (TPSA) is 111 Å². The Morgan fingerprint density at radius 2 is 1.69 bits per heavy atom. The average molecular weight is 434 g/mol. The smallest absolute Gasteiger partial charge is 0.337 e. The van der Waals surface area contributed by atoms with Gasteiger partial charge >= 0.3 is 11.9 Å². The van der Waals surface area contributed by atoms with Crippen LogP contribution in [0.15, 0.2) is 48.8 Å². The van der Waals surface area contributed by atoms with Gasteiger partial charge in [0, 0.05) is 17.6 Å². The first-order chi connectivity index (χ1) is 15.5. The van der Waals surface area contributed by atoms with Crippen LogP contribution in [0.4, 0.5) is 11.5 Å². The number of esters is 2. The van der Waals surface area contributed by atoms with Crippen LogP contribution in [0, 0.1) is 0 Å². The quantitative estimate of drug-likeness (QED) is 0.611. The van der Waals surface area contributed by atoms with Crippen molar-refractivity contribution in [2.75, 3.05) is 31.0 Å². The van der Waals surface area contributed by atoms with E-state index >= 15 is 0 Å². The summed E-state index contributed by atoms with van der Waals surface area (Å²) in [5, 5.41) is 3.70. The first kappa shape index (κ1) is 21.2. The van der Waals surface area contributed by atoms with Crippen molar-refractivity contribution < 1.29 is 23.9 Å². The van der Waals surface area contributed by atoms with Crippen molar-refractivity contribution in [1.29, 1.82) is 0 Å². The van der Waals surface area contributed by atoms with Crippen LogP contribution >= 0.6 is 0 Å². The van der Waals surface area contributed by atoms with E-state index < -0.39 is 18.0 Å². The number of carbonyl (C=O) groups excluding carboxylic acids is 3. The number of fused-ring (bicyclic) bond motifs is 1. The van der Waals surface area contributed by atoms with Gasteiger partial charge in [-0.1, -0.05) is 12.1 Å². The molecule has 1 saturated heterocycles. The molecule has 9 nitrogen and oxygen atoms in total. The number of nitrogens with zero attached hydrogens (tertiary/aromatic N) is 3. The number of nitrogens with one attached hydrogen (secondary N) is 1. The third-order valence-corrected chi connectivity index (χ3v) is 5.39. The monoisotopic (exact) mass is 434 g/mol. The van der Waals surface area contributed by atoms with Crippen LogP contribution in [0.5, 0.6) is 0 Å². The highest BCUT2D eigenvalue weighted by molar-refractivity contribution is 6.02. The lowest BCUT2D eigenvalue weighted by molar-refractivity contribution is -0.117. The number of methoxy groups -OCH3 is 2. The van der Waals surface area contributed by atoms with E-state index in [1.165, 1.54) is 38.7 Å². The number of hydrogen-bond acceptors (Lipinski definition) is 8. The number of ether oxygens (including phenoxy) is 2. The zero-order chi connectivity index (χ0) is 22.7. The molecule has 1 fully saturated rings. The Kier molecular flexibility index (Phi) is 5.98. The molecular weight excluding hydrogens is 412 g/mol. The molecule has 164 valence electrons. The predicted octanol–water partition coefficient (Wildman–Crippen LogP) is 2.81. The van der Waals surface area contributed by atoms with Crippen LogP contribution in [-0.4, -0.2) is 54.6 Å². The van der Waals surface area contributed by atoms with Crippen molar-refractivity contribution in [3.63, 3.8) is 0 Å². The maximum Gasteiger partial charge on any atom is 0.337 e. The summed E-state index contributed by atoms with van der Waals surface area (Å²) < 4.78 is 9.51. The lowest BCUT2D eigenvalue weighted by Gasteiger charge is -2.26. The molecular formula is C23H22N4O5. The third kappa shape index (κ3) is 4.09. The number of anilines is 2. The highest BCUT2D eigenvalue weighted by Gasteiger charge is 2.33. The van der Waals surface area contributed by atoms with Crippen LogP contribution < -0.4 is 10.2 Å². The molecule has 1 aliphatic heterocycles. The van der Waals surface area contributed by atoms with Crippen molar-refractivity contribution in [2.45, 2.75) is 18.9 Å². The Morgan fingerprint density at radius 3 is 2.38 bits per heavy atom. The number of hydrogen-bond donors (Lipinski definition) is 1. The van der Waals surface area contributed by atoms with Crippen LogP contribution in [-0.2, 0) is 14.3 Å². The molecule has 2 aromatic carbocycles. The van der Waals surface area contributed by atoms with Crippen LogP contribution in [0.3, 0.4) is 0 Å². The molecule has 3 aromatic rings. The molecule has 0 spiro atoms. The minimum absolute atomic E-state index is 0.135. The summed E-state index contributed by atoms with van der Waals surface area (Å²) in [7, 11) is 2.49. The summed E-state index contributed by atoms with van der Waals surface area (Å²) in [5.74, 6) is -0.808. The molecule has 1 amide bonds. The molecule has 32 heavy (non-hydrogen) atoms. The maximum absolute atomic E-state index is 13.2. The second-order valence-electron chi connectivity index (χ2n) is 7.34. The zero-order valence-corrected chi connectivity index (χ0v) is 17.7. The molecule has 1 atom stereocenters. The van der Waals surface area contributed by atoms with Gasteiger partial charge in [-0.15, -0.1) is 0 Å². The summed E-state index contributed by atoms with van der Waals surface area (Å²) in [4.78, 5) is 47.9. The largest absolute Gasteiger partial charge is 0.465 e. The van der Waals surface area contributed by atoms with E-state index in [4.69, 9.17) is 9.47 Å². The SMILES string of the molecule is COC(=O)c1cc(NC(=O)C2CCCN2c2ncnc3ccccc23)cc(C(=O)OC)c1. The van der Waals surface area contributed by atoms with Gasteiger partial charge in [0.1, 0.15) is 18.2 Å². The van der Waals surface area contributed by atoms with Crippen molar-refractivity contribution >= 4 is 40.3 Å². The normalized spacial score (nSPS) is 15.4. The van der Waals surface area contributed by atoms with E-state index in [1.54, 1.807) is 0 Å². The summed E-state index contributed by atoms with van der Waals surface area (Å²) in [6, 6.07) is 11.5. The van der Waals surface area contributed by atoms with E-state index in [0.29, 0.717) is 24.5 Å². The molecule has 4 rings (SSSR count). The van der Waals surface area contributed by atoms with Crippen LogP contribution in [0.1, 0.15) is 33.6 Å². The molecule has 1 unspecified atom stereocenters. The Hall–Kier alpha value is -4.01. The van der Waals surface area contributed by atoms with Crippen molar-refractivity contribution in [3.05, 3.63) is 59.9 Å². The molecule has 0 saturated carbocycles. The molecule has 0 radical (unpaired) electrons. The summed E-state index contributed by atoms with van der Waals surface area (Å²) in [5.41, 5.74) is 1.38. The molecule has 1 N–H and O–H groups in total. The highest BCUT2D eigenvalue weighted by Crippen LogP contribution is 2.30. The van der Waals surface area contributed by atoms with E-state index in [2.05, 4.69) is 15.3 Å². The zero-order valence-electron chi connectivity index (χ0n) is 17.7. The van der Waals surface area contributed by atoms with Gasteiger partial charge in [-0.25, -0.2) is 19.6 Å². The van der Waals surface area contributed by atoms with Gasteiger partial charge in [0.05, 0.1) is 30.9 Å².